The number of nitrogens with one attached hydrogen (secondary N) is 1. The molecule has 3 rings (SSSR count). The molecular weight excluding hydrogens is 358 g/mol. The number of nitrogens with zero attached hydrogens (tertiary/aromatic N) is 2. The molecule has 0 amide bonds. The zero-order valence-corrected chi connectivity index (χ0v) is 16.6. The molecule has 6 heteroatoms. The van der Waals surface area contributed by atoms with Crippen molar-refractivity contribution in [1.29, 1.82) is 0 Å². The van der Waals surface area contributed by atoms with Gasteiger partial charge in [-0.05, 0) is 29.5 Å². The van der Waals surface area contributed by atoms with Gasteiger partial charge in [0.25, 0.3) is 0 Å². The Balaban J connectivity index is 1.46. The maximum absolute atomic E-state index is 12.3. The highest BCUT2D eigenvalue weighted by Crippen LogP contribution is 2.18. The molecule has 2 aromatic carbocycles. The van der Waals surface area contributed by atoms with Crippen molar-refractivity contribution in [1.82, 2.24) is 10.2 Å². The van der Waals surface area contributed by atoms with E-state index in [4.69, 9.17) is 0 Å². The second-order valence-corrected chi connectivity index (χ2v) is 9.03. The summed E-state index contributed by atoms with van der Waals surface area (Å²) in [5, 5.41) is 3.32. The van der Waals surface area contributed by atoms with Gasteiger partial charge >= 0.3 is 0 Å². The van der Waals surface area contributed by atoms with Crippen LogP contribution in [0.2, 0.25) is 0 Å². The molecule has 0 aromatic heterocycles. The lowest BCUT2D eigenvalue weighted by atomic mass is 10.0. The van der Waals surface area contributed by atoms with Gasteiger partial charge in [-0.25, -0.2) is 8.42 Å². The third-order valence-corrected chi connectivity index (χ3v) is 6.47. The Hall–Kier alpha value is -2.34. The van der Waals surface area contributed by atoms with E-state index in [1.54, 1.807) is 7.05 Å². The molecule has 1 N–H and O–H groups in total. The SMILES string of the molecule is CN=C(NCCCS(=O)(=O)Cc1ccccc1)N1CCc2ccccc2C1. The van der Waals surface area contributed by atoms with Gasteiger partial charge in [0.1, 0.15) is 0 Å². The van der Waals surface area contributed by atoms with Gasteiger partial charge in [-0.3, -0.25) is 4.99 Å². The summed E-state index contributed by atoms with van der Waals surface area (Å²) in [5.74, 6) is 1.12. The summed E-state index contributed by atoms with van der Waals surface area (Å²) in [5.41, 5.74) is 3.57. The van der Waals surface area contributed by atoms with Gasteiger partial charge in [0, 0.05) is 26.7 Å². The number of hydrogen-bond acceptors (Lipinski definition) is 3. The van der Waals surface area contributed by atoms with Gasteiger partial charge in [0.15, 0.2) is 15.8 Å². The molecule has 144 valence electrons. The van der Waals surface area contributed by atoms with Crippen molar-refractivity contribution >= 4 is 15.8 Å². The zero-order valence-electron chi connectivity index (χ0n) is 15.8. The molecule has 0 unspecified atom stereocenters. The van der Waals surface area contributed by atoms with Crippen molar-refractivity contribution in [2.45, 2.75) is 25.1 Å². The van der Waals surface area contributed by atoms with E-state index < -0.39 is 9.84 Å². The first-order chi connectivity index (χ1) is 13.1. The number of sulfone groups is 1. The van der Waals surface area contributed by atoms with Crippen LogP contribution in [-0.4, -0.2) is 45.2 Å². The third kappa shape index (κ3) is 5.57. The van der Waals surface area contributed by atoms with Crippen molar-refractivity contribution in [3.63, 3.8) is 0 Å². The summed E-state index contributed by atoms with van der Waals surface area (Å²) in [7, 11) is -1.32. The summed E-state index contributed by atoms with van der Waals surface area (Å²) >= 11 is 0. The minimum Gasteiger partial charge on any atom is -0.356 e. The molecule has 0 radical (unpaired) electrons. The molecular formula is C21H27N3O2S. The van der Waals surface area contributed by atoms with Crippen LogP contribution < -0.4 is 5.32 Å². The van der Waals surface area contributed by atoms with Crippen LogP contribution in [0.3, 0.4) is 0 Å². The summed E-state index contributed by atoms with van der Waals surface area (Å²) < 4.78 is 24.6. The first-order valence-electron chi connectivity index (χ1n) is 9.34. The predicted molar refractivity (Wildman–Crippen MR) is 110 cm³/mol. The first kappa shape index (κ1) is 19.4. The van der Waals surface area contributed by atoms with Crippen LogP contribution in [0.5, 0.6) is 0 Å². The fourth-order valence-corrected chi connectivity index (χ4v) is 4.83. The van der Waals surface area contributed by atoms with Crippen molar-refractivity contribution in [3.8, 4) is 0 Å². The quantitative estimate of drug-likeness (QED) is 0.472. The molecule has 0 saturated carbocycles. The number of hydrogen-bond donors (Lipinski definition) is 1. The largest absolute Gasteiger partial charge is 0.356 e. The fraction of sp³-hybridized carbons (Fsp3) is 0.381. The van der Waals surface area contributed by atoms with E-state index in [2.05, 4.69) is 39.5 Å². The van der Waals surface area contributed by atoms with Crippen LogP contribution in [-0.2, 0) is 28.6 Å². The second kappa shape index (κ2) is 9.04. The molecule has 5 nitrogen and oxygen atoms in total. The van der Waals surface area contributed by atoms with E-state index >= 15 is 0 Å². The number of aliphatic imine (C=N–C) groups is 1. The number of benzene rings is 2. The summed E-state index contributed by atoms with van der Waals surface area (Å²) in [6.07, 6.45) is 1.57. The van der Waals surface area contributed by atoms with E-state index in [1.165, 1.54) is 11.1 Å². The normalized spacial score (nSPS) is 14.7. The molecule has 0 atom stereocenters. The summed E-state index contributed by atoms with van der Waals surface area (Å²) in [6.45, 7) is 2.35. The predicted octanol–water partition coefficient (Wildman–Crippen LogP) is 2.63. The Morgan fingerprint density at radius 1 is 1.07 bits per heavy atom. The van der Waals surface area contributed by atoms with E-state index in [0.29, 0.717) is 13.0 Å². The molecule has 1 aliphatic rings. The molecule has 27 heavy (non-hydrogen) atoms. The lowest BCUT2D eigenvalue weighted by molar-refractivity contribution is 0.379. The van der Waals surface area contributed by atoms with Crippen LogP contribution in [0, 0.1) is 0 Å². The lowest BCUT2D eigenvalue weighted by Crippen LogP contribution is -2.44. The minimum absolute atomic E-state index is 0.103. The molecule has 1 heterocycles. The van der Waals surface area contributed by atoms with E-state index in [0.717, 1.165) is 31.0 Å². The van der Waals surface area contributed by atoms with Crippen LogP contribution in [0.4, 0.5) is 0 Å². The van der Waals surface area contributed by atoms with Crippen molar-refractivity contribution < 1.29 is 8.42 Å². The monoisotopic (exact) mass is 385 g/mol. The average molecular weight is 386 g/mol. The maximum Gasteiger partial charge on any atom is 0.193 e. The van der Waals surface area contributed by atoms with Crippen LogP contribution in [0.25, 0.3) is 0 Å². The molecule has 0 bridgehead atoms. The smallest absolute Gasteiger partial charge is 0.193 e. The minimum atomic E-state index is -3.10. The van der Waals surface area contributed by atoms with E-state index in [-0.39, 0.29) is 11.5 Å². The lowest BCUT2D eigenvalue weighted by Gasteiger charge is -2.31. The van der Waals surface area contributed by atoms with Gasteiger partial charge in [-0.1, -0.05) is 54.6 Å². The summed E-state index contributed by atoms with van der Waals surface area (Å²) in [6, 6.07) is 17.8. The number of guanidine groups is 1. The Labute approximate surface area is 162 Å². The highest BCUT2D eigenvalue weighted by Gasteiger charge is 2.18. The van der Waals surface area contributed by atoms with Crippen LogP contribution >= 0.6 is 0 Å². The van der Waals surface area contributed by atoms with E-state index in [9.17, 15) is 8.42 Å². The van der Waals surface area contributed by atoms with E-state index in [1.807, 2.05) is 30.3 Å². The van der Waals surface area contributed by atoms with Gasteiger partial charge in [0.05, 0.1) is 11.5 Å². The molecule has 0 spiro atoms. The molecule has 0 saturated heterocycles. The van der Waals surface area contributed by atoms with Crippen molar-refractivity contribution in [2.24, 2.45) is 4.99 Å². The van der Waals surface area contributed by atoms with Gasteiger partial charge in [-0.15, -0.1) is 0 Å². The van der Waals surface area contributed by atoms with Gasteiger partial charge < -0.3 is 10.2 Å². The van der Waals surface area contributed by atoms with Crippen molar-refractivity contribution in [2.75, 3.05) is 25.9 Å². The Morgan fingerprint density at radius 2 is 1.78 bits per heavy atom. The molecule has 0 aliphatic carbocycles. The summed E-state index contributed by atoms with van der Waals surface area (Å²) in [4.78, 5) is 6.59. The highest BCUT2D eigenvalue weighted by molar-refractivity contribution is 7.90. The highest BCUT2D eigenvalue weighted by atomic mass is 32.2. The fourth-order valence-electron chi connectivity index (χ4n) is 3.40. The topological polar surface area (TPSA) is 61.8 Å². The average Bonchev–Trinajstić information content (AvgIpc) is 2.68. The molecule has 2 aromatic rings. The Bertz CT molecular complexity index is 879. The van der Waals surface area contributed by atoms with Gasteiger partial charge in [0.2, 0.25) is 0 Å². The van der Waals surface area contributed by atoms with Gasteiger partial charge in [-0.2, -0.15) is 0 Å². The first-order valence-corrected chi connectivity index (χ1v) is 11.2. The standard InChI is InChI=1S/C21H27N3O2S/c1-22-21(24-14-12-19-10-5-6-11-20(19)16-24)23-13-7-15-27(25,26)17-18-8-3-2-4-9-18/h2-6,8-11H,7,12-17H2,1H3,(H,22,23). The van der Waals surface area contributed by atoms with Crippen molar-refractivity contribution in [3.05, 3.63) is 71.3 Å². The number of rotatable bonds is 6. The Morgan fingerprint density at radius 3 is 2.52 bits per heavy atom. The molecule has 1 aliphatic heterocycles. The number of fused-ring (bicyclic) bond motifs is 1. The maximum atomic E-state index is 12.3. The van der Waals surface area contributed by atoms with Crippen LogP contribution in [0.1, 0.15) is 23.1 Å². The Kier molecular flexibility index (Phi) is 6.50. The van der Waals surface area contributed by atoms with Crippen LogP contribution in [0.15, 0.2) is 59.6 Å². The second-order valence-electron chi connectivity index (χ2n) is 6.85. The molecule has 0 fully saturated rings. The zero-order chi connectivity index (χ0) is 19.1. The third-order valence-electron chi connectivity index (χ3n) is 4.79.